The van der Waals surface area contributed by atoms with E-state index in [9.17, 15) is 0 Å². The second-order valence-corrected chi connectivity index (χ2v) is 13.0. The fourth-order valence-corrected chi connectivity index (χ4v) is 6.72. The molecule has 0 amide bonds. The molecule has 2 unspecified atom stereocenters. The molecule has 0 radical (unpaired) electrons. The standard InChI is InChI=1S/C32H40N2O2S2/c1-23(2)33-19-27(21-35-31-17-9-13-25-11-5-7-15-29(25)31)37-38-28(20-34-24(3)4)22-36-32-18-10-14-26-12-6-8-16-30(26)32/h5-18,23-24,27-28,33-34H,19-22H2,1-4H3. The number of ether oxygens (including phenoxy) is 2. The molecule has 4 aromatic rings. The predicted octanol–water partition coefficient (Wildman–Crippen LogP) is 7.57. The van der Waals surface area contributed by atoms with Gasteiger partial charge in [-0.3, -0.25) is 0 Å². The summed E-state index contributed by atoms with van der Waals surface area (Å²) in [6, 6.07) is 30.2. The molecule has 0 aliphatic heterocycles. The number of hydrogen-bond acceptors (Lipinski definition) is 6. The van der Waals surface area contributed by atoms with Crippen LogP contribution in [-0.4, -0.2) is 48.9 Å². The van der Waals surface area contributed by atoms with Gasteiger partial charge in [0, 0.05) is 35.9 Å². The van der Waals surface area contributed by atoms with Gasteiger partial charge in [0.05, 0.1) is 10.5 Å². The Morgan fingerprint density at radius 3 is 1.37 bits per heavy atom. The van der Waals surface area contributed by atoms with Gasteiger partial charge in [0.25, 0.3) is 0 Å². The van der Waals surface area contributed by atoms with Crippen molar-refractivity contribution in [2.75, 3.05) is 26.3 Å². The third kappa shape index (κ3) is 8.57. The van der Waals surface area contributed by atoms with Gasteiger partial charge in [-0.05, 0) is 22.9 Å². The highest BCUT2D eigenvalue weighted by Crippen LogP contribution is 2.34. The number of hydrogen-bond donors (Lipinski definition) is 2. The quantitative estimate of drug-likeness (QED) is 0.149. The highest BCUT2D eigenvalue weighted by atomic mass is 33.1. The van der Waals surface area contributed by atoms with Crippen molar-refractivity contribution < 1.29 is 9.47 Å². The van der Waals surface area contributed by atoms with E-state index in [0.29, 0.717) is 35.8 Å². The molecule has 0 aliphatic rings. The molecule has 0 saturated carbocycles. The third-order valence-corrected chi connectivity index (χ3v) is 9.41. The van der Waals surface area contributed by atoms with Gasteiger partial charge in [-0.25, -0.2) is 0 Å². The van der Waals surface area contributed by atoms with Crippen LogP contribution in [0, 0.1) is 0 Å². The second-order valence-electron chi connectivity index (χ2n) is 10.1. The zero-order chi connectivity index (χ0) is 26.7. The molecule has 2 atom stereocenters. The maximum atomic E-state index is 6.40. The summed E-state index contributed by atoms with van der Waals surface area (Å²) in [6.45, 7) is 11.8. The fourth-order valence-electron chi connectivity index (χ4n) is 4.14. The molecule has 0 fully saturated rings. The molecule has 202 valence electrons. The molecule has 4 rings (SSSR count). The Hall–Kier alpha value is -2.38. The summed E-state index contributed by atoms with van der Waals surface area (Å²) >= 11 is 0. The predicted molar refractivity (Wildman–Crippen MR) is 168 cm³/mol. The van der Waals surface area contributed by atoms with Gasteiger partial charge in [-0.15, -0.1) is 0 Å². The first-order valence-corrected chi connectivity index (χ1v) is 15.8. The zero-order valence-electron chi connectivity index (χ0n) is 22.9. The summed E-state index contributed by atoms with van der Waals surface area (Å²) in [4.78, 5) is 0. The Morgan fingerprint density at radius 2 is 0.947 bits per heavy atom. The molecule has 0 spiro atoms. The van der Waals surface area contributed by atoms with E-state index in [2.05, 4.69) is 123 Å². The molecular formula is C32H40N2O2S2. The lowest BCUT2D eigenvalue weighted by atomic mass is 10.1. The van der Waals surface area contributed by atoms with E-state index in [1.165, 1.54) is 10.8 Å². The van der Waals surface area contributed by atoms with E-state index >= 15 is 0 Å². The van der Waals surface area contributed by atoms with Crippen LogP contribution >= 0.6 is 21.6 Å². The molecule has 0 saturated heterocycles. The van der Waals surface area contributed by atoms with Crippen LogP contribution in [0.4, 0.5) is 0 Å². The SMILES string of the molecule is CC(C)NCC(COc1cccc2ccccc12)SSC(CNC(C)C)COc1cccc2ccccc12. The number of benzene rings is 4. The minimum absolute atomic E-state index is 0.292. The largest absolute Gasteiger partial charge is 0.492 e. The molecule has 0 aliphatic carbocycles. The average Bonchev–Trinajstić information content (AvgIpc) is 2.93. The number of nitrogens with one attached hydrogen (secondary N) is 2. The molecule has 4 aromatic carbocycles. The topological polar surface area (TPSA) is 42.5 Å². The Labute approximate surface area is 235 Å². The highest BCUT2D eigenvalue weighted by molar-refractivity contribution is 8.77. The van der Waals surface area contributed by atoms with E-state index in [1.54, 1.807) is 0 Å². The van der Waals surface area contributed by atoms with Crippen molar-refractivity contribution in [2.45, 2.75) is 50.3 Å². The molecule has 0 aromatic heterocycles. The van der Waals surface area contributed by atoms with Crippen LogP contribution in [-0.2, 0) is 0 Å². The normalized spacial score (nSPS) is 13.3. The number of rotatable bonds is 15. The minimum atomic E-state index is 0.292. The van der Waals surface area contributed by atoms with Crippen molar-refractivity contribution >= 4 is 43.1 Å². The van der Waals surface area contributed by atoms with Crippen LogP contribution in [0.2, 0.25) is 0 Å². The summed E-state index contributed by atoms with van der Waals surface area (Å²) in [7, 11) is 3.79. The van der Waals surface area contributed by atoms with Gasteiger partial charge in [0.1, 0.15) is 24.7 Å². The molecule has 0 bridgehead atoms. The average molecular weight is 549 g/mol. The van der Waals surface area contributed by atoms with Crippen LogP contribution in [0.5, 0.6) is 11.5 Å². The lowest BCUT2D eigenvalue weighted by molar-refractivity contribution is 0.314. The van der Waals surface area contributed by atoms with Crippen molar-refractivity contribution in [3.8, 4) is 11.5 Å². The number of fused-ring (bicyclic) bond motifs is 2. The van der Waals surface area contributed by atoms with E-state index in [4.69, 9.17) is 9.47 Å². The Bertz CT molecular complexity index is 1170. The Morgan fingerprint density at radius 1 is 0.553 bits per heavy atom. The van der Waals surface area contributed by atoms with Crippen molar-refractivity contribution in [1.82, 2.24) is 10.6 Å². The van der Waals surface area contributed by atoms with Crippen LogP contribution in [0.3, 0.4) is 0 Å². The van der Waals surface area contributed by atoms with E-state index in [0.717, 1.165) is 35.4 Å². The van der Waals surface area contributed by atoms with Crippen molar-refractivity contribution in [1.29, 1.82) is 0 Å². The third-order valence-electron chi connectivity index (χ3n) is 6.18. The monoisotopic (exact) mass is 548 g/mol. The summed E-state index contributed by atoms with van der Waals surface area (Å²) in [5.74, 6) is 1.89. The Kier molecular flexibility index (Phi) is 11.1. The lowest BCUT2D eigenvalue weighted by Gasteiger charge is -2.24. The van der Waals surface area contributed by atoms with Crippen LogP contribution in [0.1, 0.15) is 27.7 Å². The van der Waals surface area contributed by atoms with E-state index < -0.39 is 0 Å². The second kappa shape index (κ2) is 14.7. The van der Waals surface area contributed by atoms with Gasteiger partial charge in [0.15, 0.2) is 0 Å². The Balaban J connectivity index is 1.41. The van der Waals surface area contributed by atoms with Crippen molar-refractivity contribution in [2.24, 2.45) is 0 Å². The highest BCUT2D eigenvalue weighted by Gasteiger charge is 2.19. The summed E-state index contributed by atoms with van der Waals surface area (Å²) in [5, 5.41) is 12.5. The van der Waals surface area contributed by atoms with Gasteiger partial charge in [0.2, 0.25) is 0 Å². The van der Waals surface area contributed by atoms with E-state index in [1.807, 2.05) is 21.6 Å². The van der Waals surface area contributed by atoms with Crippen molar-refractivity contribution in [3.05, 3.63) is 84.9 Å². The first kappa shape index (κ1) is 28.6. The minimum Gasteiger partial charge on any atom is -0.492 e. The first-order valence-electron chi connectivity index (χ1n) is 13.5. The molecule has 4 nitrogen and oxygen atoms in total. The molecule has 6 heteroatoms. The first-order chi connectivity index (χ1) is 18.5. The van der Waals surface area contributed by atoms with Gasteiger partial charge in [-0.1, -0.05) is 122 Å². The lowest BCUT2D eigenvalue weighted by Crippen LogP contribution is -2.35. The van der Waals surface area contributed by atoms with Crippen LogP contribution < -0.4 is 20.1 Å². The van der Waals surface area contributed by atoms with Crippen LogP contribution in [0.25, 0.3) is 21.5 Å². The maximum Gasteiger partial charge on any atom is 0.127 e. The van der Waals surface area contributed by atoms with Crippen LogP contribution in [0.15, 0.2) is 84.9 Å². The summed E-state index contributed by atoms with van der Waals surface area (Å²) in [6.07, 6.45) is 0. The van der Waals surface area contributed by atoms with Gasteiger partial charge < -0.3 is 20.1 Å². The maximum absolute atomic E-state index is 6.40. The van der Waals surface area contributed by atoms with Gasteiger partial charge in [-0.2, -0.15) is 0 Å². The fraction of sp³-hybridized carbons (Fsp3) is 0.375. The zero-order valence-corrected chi connectivity index (χ0v) is 24.5. The molecular weight excluding hydrogens is 508 g/mol. The van der Waals surface area contributed by atoms with Gasteiger partial charge >= 0.3 is 0 Å². The molecule has 38 heavy (non-hydrogen) atoms. The smallest absolute Gasteiger partial charge is 0.127 e. The van der Waals surface area contributed by atoms with E-state index in [-0.39, 0.29) is 0 Å². The molecule has 2 N–H and O–H groups in total. The van der Waals surface area contributed by atoms with Crippen molar-refractivity contribution in [3.63, 3.8) is 0 Å². The summed E-state index contributed by atoms with van der Waals surface area (Å²) in [5.41, 5.74) is 0. The summed E-state index contributed by atoms with van der Waals surface area (Å²) < 4.78 is 12.8. The molecule has 0 heterocycles.